The molecule has 6 nitrogen and oxygen atoms in total. The van der Waals surface area contributed by atoms with Gasteiger partial charge in [-0.1, -0.05) is 6.58 Å². The van der Waals surface area contributed by atoms with E-state index in [4.69, 9.17) is 11.5 Å². The molecule has 0 aliphatic carbocycles. The summed E-state index contributed by atoms with van der Waals surface area (Å²) in [6.07, 6.45) is 1.45. The van der Waals surface area contributed by atoms with Gasteiger partial charge in [0, 0.05) is 11.1 Å². The molecule has 0 unspecified atom stereocenters. The average molecular weight is 242 g/mol. The van der Waals surface area contributed by atoms with Crippen LogP contribution < -0.4 is 11.5 Å². The maximum atomic E-state index is 11.6. The van der Waals surface area contributed by atoms with Crippen LogP contribution >= 0.6 is 0 Å². The number of rotatable bonds is 7. The molecule has 0 fully saturated rings. The van der Waals surface area contributed by atoms with Gasteiger partial charge in [0.2, 0.25) is 0 Å². The molecule has 0 radical (unpaired) electrons. The Hall–Kier alpha value is -1.66. The van der Waals surface area contributed by atoms with E-state index in [1.807, 2.05) is 0 Å². The minimum atomic E-state index is -0.653. The second kappa shape index (κ2) is 8.49. The van der Waals surface area contributed by atoms with Crippen molar-refractivity contribution in [2.75, 3.05) is 20.2 Å². The highest BCUT2D eigenvalue weighted by Gasteiger charge is 2.21. The summed E-state index contributed by atoms with van der Waals surface area (Å²) in [5.74, 6) is -1.25. The van der Waals surface area contributed by atoms with Crippen LogP contribution in [0.15, 0.2) is 24.0 Å². The Kier molecular flexibility index (Phi) is 7.66. The maximum absolute atomic E-state index is 11.6. The van der Waals surface area contributed by atoms with Gasteiger partial charge in [0.15, 0.2) is 0 Å². The van der Waals surface area contributed by atoms with Gasteiger partial charge in [-0.2, -0.15) is 0 Å². The highest BCUT2D eigenvalue weighted by atomic mass is 16.5. The molecular formula is C11H18N2O4. The maximum Gasteiger partial charge on any atom is 0.339 e. The normalized spacial score (nSPS) is 11.5. The number of hydrogen-bond donors (Lipinski definition) is 2. The van der Waals surface area contributed by atoms with Gasteiger partial charge in [-0.25, -0.2) is 9.59 Å². The number of nitrogens with two attached hydrogens (primary N) is 2. The summed E-state index contributed by atoms with van der Waals surface area (Å²) < 4.78 is 9.24. The number of esters is 2. The summed E-state index contributed by atoms with van der Waals surface area (Å²) in [6, 6.07) is 0. The van der Waals surface area contributed by atoms with E-state index in [1.165, 1.54) is 7.11 Å². The van der Waals surface area contributed by atoms with Crippen molar-refractivity contribution in [1.29, 1.82) is 0 Å². The van der Waals surface area contributed by atoms with Gasteiger partial charge in [-0.15, -0.1) is 0 Å². The molecule has 0 bridgehead atoms. The van der Waals surface area contributed by atoms with Crippen LogP contribution in [-0.4, -0.2) is 32.1 Å². The second-order valence-corrected chi connectivity index (χ2v) is 3.10. The van der Waals surface area contributed by atoms with Crippen LogP contribution in [0.5, 0.6) is 0 Å². The highest BCUT2D eigenvalue weighted by molar-refractivity contribution is 6.00. The van der Waals surface area contributed by atoms with Crippen molar-refractivity contribution in [2.24, 2.45) is 11.5 Å². The minimum absolute atomic E-state index is 0.185. The fourth-order valence-electron chi connectivity index (χ4n) is 1.31. The zero-order valence-corrected chi connectivity index (χ0v) is 9.90. The van der Waals surface area contributed by atoms with Crippen LogP contribution in [0.4, 0.5) is 0 Å². The fraction of sp³-hybridized carbons (Fsp3) is 0.455. The third-order valence-corrected chi connectivity index (χ3v) is 2.02. The Morgan fingerprint density at radius 2 is 1.59 bits per heavy atom. The van der Waals surface area contributed by atoms with Crippen molar-refractivity contribution >= 4 is 11.9 Å². The summed E-state index contributed by atoms with van der Waals surface area (Å²) in [4.78, 5) is 23.1. The Labute approximate surface area is 100 Å². The van der Waals surface area contributed by atoms with Gasteiger partial charge in [0.25, 0.3) is 0 Å². The predicted molar refractivity (Wildman–Crippen MR) is 62.7 cm³/mol. The first kappa shape index (κ1) is 15.3. The molecule has 0 rings (SSSR count). The molecule has 0 amide bonds. The first-order chi connectivity index (χ1) is 8.12. The number of carbonyl (C=O) groups excluding carboxylic acids is 2. The molecule has 6 heteroatoms. The Balaban J connectivity index is 5.30. The van der Waals surface area contributed by atoms with Crippen molar-refractivity contribution in [1.82, 2.24) is 0 Å². The van der Waals surface area contributed by atoms with Crippen LogP contribution in [0, 0.1) is 0 Å². The predicted octanol–water partition coefficient (Wildman–Crippen LogP) is -0.160. The zero-order chi connectivity index (χ0) is 13.3. The zero-order valence-electron chi connectivity index (χ0n) is 9.90. The first-order valence-corrected chi connectivity index (χ1v) is 5.14. The van der Waals surface area contributed by atoms with E-state index in [9.17, 15) is 9.59 Å². The van der Waals surface area contributed by atoms with E-state index in [0.29, 0.717) is 0 Å². The first-order valence-electron chi connectivity index (χ1n) is 5.14. The standard InChI is InChI=1S/C11H18N2O4/c1-3-17-11(15)9(5-7-13)8(4-6-12)10(14)16-2/h3H,1,4-7,12-13H2,2H3/b9-8-. The van der Waals surface area contributed by atoms with Crippen LogP contribution in [-0.2, 0) is 19.1 Å². The lowest BCUT2D eigenvalue weighted by molar-refractivity contribution is -0.138. The van der Waals surface area contributed by atoms with Gasteiger partial charge in [-0.3, -0.25) is 0 Å². The number of carbonyl (C=O) groups is 2. The smallest absolute Gasteiger partial charge is 0.339 e. The molecule has 0 aromatic carbocycles. The minimum Gasteiger partial charge on any atom is -0.466 e. The molecule has 0 aliphatic heterocycles. The number of methoxy groups -OCH3 is 1. The molecule has 0 saturated heterocycles. The van der Waals surface area contributed by atoms with Gasteiger partial charge >= 0.3 is 11.9 Å². The molecule has 0 atom stereocenters. The van der Waals surface area contributed by atoms with Gasteiger partial charge in [0.1, 0.15) is 0 Å². The monoisotopic (exact) mass is 242 g/mol. The lowest BCUT2D eigenvalue weighted by Crippen LogP contribution is -2.19. The van der Waals surface area contributed by atoms with Crippen LogP contribution in [0.3, 0.4) is 0 Å². The van der Waals surface area contributed by atoms with Gasteiger partial charge in [-0.05, 0) is 25.9 Å². The molecule has 4 N–H and O–H groups in total. The SMILES string of the molecule is C=COC(=O)/C(CCN)=C(/CCN)C(=O)OC. The summed E-state index contributed by atoms with van der Waals surface area (Å²) in [5, 5.41) is 0. The Morgan fingerprint density at radius 1 is 1.12 bits per heavy atom. The third kappa shape index (κ3) is 4.80. The summed E-state index contributed by atoms with van der Waals surface area (Å²) in [7, 11) is 1.23. The Morgan fingerprint density at radius 3 is 1.94 bits per heavy atom. The molecule has 17 heavy (non-hydrogen) atoms. The largest absolute Gasteiger partial charge is 0.466 e. The highest BCUT2D eigenvalue weighted by Crippen LogP contribution is 2.15. The molecule has 0 aromatic heterocycles. The van der Waals surface area contributed by atoms with Gasteiger partial charge in [0.05, 0.1) is 13.4 Å². The molecule has 0 aromatic rings. The third-order valence-electron chi connectivity index (χ3n) is 2.02. The molecule has 0 aliphatic rings. The lowest BCUT2D eigenvalue weighted by Gasteiger charge is -2.10. The van der Waals surface area contributed by atoms with Crippen molar-refractivity contribution in [3.8, 4) is 0 Å². The van der Waals surface area contributed by atoms with E-state index < -0.39 is 11.9 Å². The molecule has 0 spiro atoms. The summed E-state index contributed by atoms with van der Waals surface area (Å²) >= 11 is 0. The van der Waals surface area contributed by atoms with E-state index >= 15 is 0 Å². The molecular weight excluding hydrogens is 224 g/mol. The summed E-state index contributed by atoms with van der Waals surface area (Å²) in [5.41, 5.74) is 11.2. The molecule has 0 saturated carbocycles. The summed E-state index contributed by atoms with van der Waals surface area (Å²) in [6.45, 7) is 3.71. The molecule has 96 valence electrons. The van der Waals surface area contributed by atoms with Crippen LogP contribution in [0.1, 0.15) is 12.8 Å². The quantitative estimate of drug-likeness (QED) is 0.365. The lowest BCUT2D eigenvalue weighted by atomic mass is 10.0. The second-order valence-electron chi connectivity index (χ2n) is 3.10. The topological polar surface area (TPSA) is 105 Å². The van der Waals surface area contributed by atoms with Gasteiger partial charge < -0.3 is 20.9 Å². The van der Waals surface area contributed by atoms with E-state index in [1.54, 1.807) is 0 Å². The number of ether oxygens (including phenoxy) is 2. The Bertz CT molecular complexity index is 323. The van der Waals surface area contributed by atoms with Crippen molar-refractivity contribution in [3.63, 3.8) is 0 Å². The fourth-order valence-corrected chi connectivity index (χ4v) is 1.31. The van der Waals surface area contributed by atoms with Crippen molar-refractivity contribution < 1.29 is 19.1 Å². The van der Waals surface area contributed by atoms with Crippen LogP contribution in [0.2, 0.25) is 0 Å². The number of hydrogen-bond acceptors (Lipinski definition) is 6. The van der Waals surface area contributed by atoms with E-state index in [0.717, 1.165) is 6.26 Å². The van der Waals surface area contributed by atoms with Crippen molar-refractivity contribution in [2.45, 2.75) is 12.8 Å². The van der Waals surface area contributed by atoms with E-state index in [-0.39, 0.29) is 37.1 Å². The van der Waals surface area contributed by atoms with Crippen LogP contribution in [0.25, 0.3) is 0 Å². The molecule has 0 heterocycles. The average Bonchev–Trinajstić information content (AvgIpc) is 2.33. The van der Waals surface area contributed by atoms with E-state index in [2.05, 4.69) is 16.1 Å². The van der Waals surface area contributed by atoms with Crippen molar-refractivity contribution in [3.05, 3.63) is 24.0 Å².